The van der Waals surface area contributed by atoms with Gasteiger partial charge in [-0.2, -0.15) is 0 Å². The number of carbonyl (C=O) groups is 3. The van der Waals surface area contributed by atoms with Crippen molar-refractivity contribution in [2.24, 2.45) is 0 Å². The van der Waals surface area contributed by atoms with Crippen LogP contribution in [0.25, 0.3) is 0 Å². The van der Waals surface area contributed by atoms with Gasteiger partial charge in [0, 0.05) is 12.8 Å². The Balaban J connectivity index is 4.36. The van der Waals surface area contributed by atoms with Gasteiger partial charge in [-0.25, -0.2) is 0 Å². The van der Waals surface area contributed by atoms with E-state index in [0.29, 0.717) is 12.8 Å². The molecule has 0 heterocycles. The van der Waals surface area contributed by atoms with Crippen molar-refractivity contribution in [3.8, 4) is 0 Å². The van der Waals surface area contributed by atoms with E-state index >= 15 is 0 Å². The Morgan fingerprint density at radius 1 is 0.373 bits per heavy atom. The van der Waals surface area contributed by atoms with E-state index in [2.05, 4.69) is 63.3 Å². The first-order chi connectivity index (χ1) is 29.0. The maximum absolute atomic E-state index is 12.7. The van der Waals surface area contributed by atoms with Gasteiger partial charge in [-0.3, -0.25) is 14.4 Å². The van der Waals surface area contributed by atoms with E-state index in [4.69, 9.17) is 14.2 Å². The minimum Gasteiger partial charge on any atom is -0.462 e. The van der Waals surface area contributed by atoms with Crippen molar-refractivity contribution in [2.45, 2.75) is 245 Å². The normalized spacial score (nSPS) is 12.5. The van der Waals surface area contributed by atoms with Crippen LogP contribution >= 0.6 is 0 Å². The van der Waals surface area contributed by atoms with Gasteiger partial charge in [-0.05, 0) is 51.4 Å². The fourth-order valence-corrected chi connectivity index (χ4v) is 6.85. The van der Waals surface area contributed by atoms with Gasteiger partial charge < -0.3 is 14.2 Å². The van der Waals surface area contributed by atoms with Gasteiger partial charge in [0.2, 0.25) is 0 Å². The monoisotopic (exact) mass is 825 g/mol. The van der Waals surface area contributed by atoms with Crippen LogP contribution in [0.4, 0.5) is 0 Å². The summed E-state index contributed by atoms with van der Waals surface area (Å²) in [6, 6.07) is 0. The van der Waals surface area contributed by atoms with Gasteiger partial charge in [0.15, 0.2) is 6.10 Å². The molecular formula is C53H92O6. The molecule has 6 nitrogen and oxygen atoms in total. The van der Waals surface area contributed by atoms with Gasteiger partial charge in [0.05, 0.1) is 6.42 Å². The van der Waals surface area contributed by atoms with Gasteiger partial charge >= 0.3 is 17.9 Å². The summed E-state index contributed by atoms with van der Waals surface area (Å²) in [7, 11) is 0. The molecule has 0 aromatic heterocycles. The first-order valence-corrected chi connectivity index (χ1v) is 24.8. The molecule has 340 valence electrons. The Labute approximate surface area is 364 Å². The molecular weight excluding hydrogens is 733 g/mol. The number of ether oxygens (including phenoxy) is 3. The molecule has 0 amide bonds. The first-order valence-electron chi connectivity index (χ1n) is 24.8. The third-order valence-electron chi connectivity index (χ3n) is 10.6. The van der Waals surface area contributed by atoms with E-state index in [0.717, 1.165) is 51.4 Å². The fourth-order valence-electron chi connectivity index (χ4n) is 6.85. The van der Waals surface area contributed by atoms with Crippen molar-refractivity contribution in [2.75, 3.05) is 13.2 Å². The van der Waals surface area contributed by atoms with Gasteiger partial charge in [0.1, 0.15) is 13.2 Å². The summed E-state index contributed by atoms with van der Waals surface area (Å²) in [4.78, 5) is 37.7. The summed E-state index contributed by atoms with van der Waals surface area (Å²) in [6.45, 7) is 6.37. The number of rotatable bonds is 44. The smallest absolute Gasteiger partial charge is 0.309 e. The largest absolute Gasteiger partial charge is 0.462 e. The van der Waals surface area contributed by atoms with Crippen molar-refractivity contribution in [3.05, 3.63) is 60.8 Å². The number of carbonyl (C=O) groups excluding carboxylic acids is 3. The van der Waals surface area contributed by atoms with E-state index in [1.807, 2.05) is 12.2 Å². The highest BCUT2D eigenvalue weighted by molar-refractivity contribution is 5.72. The van der Waals surface area contributed by atoms with Crippen molar-refractivity contribution in [1.29, 1.82) is 0 Å². The molecule has 0 spiro atoms. The molecule has 0 radical (unpaired) electrons. The van der Waals surface area contributed by atoms with Gasteiger partial charge in [0.25, 0.3) is 0 Å². The van der Waals surface area contributed by atoms with E-state index in [9.17, 15) is 14.4 Å². The van der Waals surface area contributed by atoms with Crippen LogP contribution < -0.4 is 0 Å². The molecule has 0 aliphatic heterocycles. The zero-order valence-corrected chi connectivity index (χ0v) is 38.8. The molecule has 0 N–H and O–H groups in total. The zero-order chi connectivity index (χ0) is 43.0. The second kappa shape index (κ2) is 47.8. The van der Waals surface area contributed by atoms with E-state index in [-0.39, 0.29) is 32.0 Å². The van der Waals surface area contributed by atoms with Crippen LogP contribution in [0.5, 0.6) is 0 Å². The second-order valence-corrected chi connectivity index (χ2v) is 16.4. The molecule has 0 saturated carbocycles. The lowest BCUT2D eigenvalue weighted by atomic mass is 10.0. The Morgan fingerprint density at radius 3 is 1.25 bits per heavy atom. The highest BCUT2D eigenvalue weighted by Gasteiger charge is 2.19. The Bertz CT molecular complexity index is 1090. The third-order valence-corrected chi connectivity index (χ3v) is 10.6. The molecule has 0 aromatic carbocycles. The van der Waals surface area contributed by atoms with Crippen LogP contribution in [0.15, 0.2) is 60.8 Å². The Kier molecular flexibility index (Phi) is 45.4. The van der Waals surface area contributed by atoms with Crippen LogP contribution in [-0.4, -0.2) is 37.2 Å². The second-order valence-electron chi connectivity index (χ2n) is 16.4. The number of unbranched alkanes of at least 4 members (excludes halogenated alkanes) is 24. The number of hydrogen-bond acceptors (Lipinski definition) is 6. The minimum atomic E-state index is -0.836. The van der Waals surface area contributed by atoms with Crippen molar-refractivity contribution >= 4 is 17.9 Å². The summed E-state index contributed by atoms with van der Waals surface area (Å²) >= 11 is 0. The molecule has 59 heavy (non-hydrogen) atoms. The molecule has 1 unspecified atom stereocenters. The molecule has 0 saturated heterocycles. The van der Waals surface area contributed by atoms with Crippen LogP contribution in [0, 0.1) is 0 Å². The fraction of sp³-hybridized carbons (Fsp3) is 0.755. The maximum atomic E-state index is 12.7. The lowest BCUT2D eigenvalue weighted by Gasteiger charge is -2.18. The molecule has 0 aromatic rings. The summed E-state index contributed by atoms with van der Waals surface area (Å²) in [5, 5.41) is 0. The van der Waals surface area contributed by atoms with Gasteiger partial charge in [-0.15, -0.1) is 0 Å². The SMILES string of the molecule is CC/C=C\C/C=C\C/C=C\CC(=O)OCC(COC(=O)CCCCCCCCCCCCCCCCCCCCC)OC(=O)CC/C=C\C/C=C\CCCCCCCC. The topological polar surface area (TPSA) is 78.9 Å². The number of esters is 3. The van der Waals surface area contributed by atoms with Crippen LogP contribution in [-0.2, 0) is 28.6 Å². The summed E-state index contributed by atoms with van der Waals surface area (Å²) in [5.41, 5.74) is 0. The van der Waals surface area contributed by atoms with Gasteiger partial charge in [-0.1, -0.05) is 229 Å². The molecule has 0 aliphatic carbocycles. The molecule has 0 bridgehead atoms. The first kappa shape index (κ1) is 56.1. The quantitative estimate of drug-likeness (QED) is 0.0263. The molecule has 0 rings (SSSR count). The highest BCUT2D eigenvalue weighted by atomic mass is 16.6. The number of allylic oxidation sites excluding steroid dienone is 9. The Morgan fingerprint density at radius 2 is 0.763 bits per heavy atom. The lowest BCUT2D eigenvalue weighted by molar-refractivity contribution is -0.166. The average Bonchev–Trinajstić information content (AvgIpc) is 3.23. The van der Waals surface area contributed by atoms with Crippen LogP contribution in [0.1, 0.15) is 239 Å². The summed E-state index contributed by atoms with van der Waals surface area (Å²) in [6.07, 6.45) is 58.4. The average molecular weight is 825 g/mol. The third kappa shape index (κ3) is 46.0. The van der Waals surface area contributed by atoms with Crippen molar-refractivity contribution in [1.82, 2.24) is 0 Å². The lowest BCUT2D eigenvalue weighted by Crippen LogP contribution is -2.30. The van der Waals surface area contributed by atoms with E-state index in [1.165, 1.54) is 141 Å². The highest BCUT2D eigenvalue weighted by Crippen LogP contribution is 2.15. The standard InChI is InChI=1S/C53H92O6/c1-4-7-10-13-16-19-21-23-24-25-26-27-28-30-31-34-37-40-43-46-52(55)58-49-50(48-57-51(54)45-42-39-36-33-18-15-12-9-6-3)59-53(56)47-44-41-38-35-32-29-22-20-17-14-11-8-5-2/h9,12,18,29,32-33,38-39,41-42,50H,4-8,10-11,13-17,19-28,30-31,34-37,40,43-49H2,1-3H3/b12-9-,32-29-,33-18-,41-38-,42-39-. The molecule has 6 heteroatoms. The van der Waals surface area contributed by atoms with Crippen LogP contribution in [0.3, 0.4) is 0 Å². The maximum Gasteiger partial charge on any atom is 0.309 e. The van der Waals surface area contributed by atoms with E-state index < -0.39 is 18.0 Å². The summed E-state index contributed by atoms with van der Waals surface area (Å²) in [5.74, 6) is -1.12. The molecule has 1 atom stereocenters. The minimum absolute atomic E-state index is 0.122. The summed E-state index contributed by atoms with van der Waals surface area (Å²) < 4.78 is 16.6. The molecule has 0 fully saturated rings. The van der Waals surface area contributed by atoms with Crippen molar-refractivity contribution in [3.63, 3.8) is 0 Å². The number of hydrogen-bond donors (Lipinski definition) is 0. The Hall–Kier alpha value is -2.89. The predicted molar refractivity (Wildman–Crippen MR) is 251 cm³/mol. The predicted octanol–water partition coefficient (Wildman–Crippen LogP) is 16.1. The molecule has 0 aliphatic rings. The van der Waals surface area contributed by atoms with Crippen LogP contribution in [0.2, 0.25) is 0 Å². The van der Waals surface area contributed by atoms with E-state index in [1.54, 1.807) is 6.08 Å². The zero-order valence-electron chi connectivity index (χ0n) is 38.8. The van der Waals surface area contributed by atoms with Crippen molar-refractivity contribution < 1.29 is 28.6 Å².